The van der Waals surface area contributed by atoms with Gasteiger partial charge in [0.05, 0.1) is 16.1 Å². The second kappa shape index (κ2) is 9.22. The van der Waals surface area contributed by atoms with Gasteiger partial charge in [0.2, 0.25) is 5.91 Å². The van der Waals surface area contributed by atoms with Crippen LogP contribution in [0.15, 0.2) is 36.4 Å². The number of likely N-dealkylation sites (tertiary alicyclic amines) is 1. The highest BCUT2D eigenvalue weighted by Gasteiger charge is 2.37. The van der Waals surface area contributed by atoms with E-state index in [1.165, 1.54) is 6.07 Å². The van der Waals surface area contributed by atoms with E-state index in [4.69, 9.17) is 16.9 Å². The van der Waals surface area contributed by atoms with Crippen LogP contribution in [0.4, 0.5) is 23.2 Å². The number of benzene rings is 2. The van der Waals surface area contributed by atoms with Crippen LogP contribution in [0.5, 0.6) is 0 Å². The lowest BCUT2D eigenvalue weighted by molar-refractivity contribution is -0.138. The zero-order chi connectivity index (χ0) is 23.8. The van der Waals surface area contributed by atoms with Gasteiger partial charge in [-0.15, -0.1) is 0 Å². The minimum Gasteiger partial charge on any atom is -0.362 e. The number of nitrogens with zero attached hydrogens (tertiary/aromatic N) is 3. The maximum Gasteiger partial charge on any atom is 0.416 e. The van der Waals surface area contributed by atoms with Crippen molar-refractivity contribution in [1.82, 2.24) is 4.90 Å². The number of anilines is 1. The highest BCUT2D eigenvalue weighted by Crippen LogP contribution is 2.37. The van der Waals surface area contributed by atoms with E-state index in [2.05, 4.69) is 0 Å². The molecule has 0 bridgehead atoms. The van der Waals surface area contributed by atoms with Gasteiger partial charge in [-0.05, 0) is 61.1 Å². The molecule has 1 saturated heterocycles. The lowest BCUT2D eigenvalue weighted by atomic mass is 10.0. The van der Waals surface area contributed by atoms with Crippen molar-refractivity contribution in [3.8, 4) is 6.07 Å². The molecular weight excluding hydrogens is 458 g/mol. The summed E-state index contributed by atoms with van der Waals surface area (Å²) in [6.45, 7) is 0.755. The van der Waals surface area contributed by atoms with E-state index in [1.807, 2.05) is 6.07 Å². The predicted molar refractivity (Wildman–Crippen MR) is 116 cm³/mol. The van der Waals surface area contributed by atoms with E-state index in [1.54, 1.807) is 21.9 Å². The van der Waals surface area contributed by atoms with Crippen LogP contribution >= 0.6 is 11.6 Å². The zero-order valence-electron chi connectivity index (χ0n) is 17.7. The lowest BCUT2D eigenvalue weighted by Gasteiger charge is -2.32. The third-order valence-electron chi connectivity index (χ3n) is 6.24. The van der Waals surface area contributed by atoms with Gasteiger partial charge in [0.1, 0.15) is 11.9 Å². The van der Waals surface area contributed by atoms with Crippen LogP contribution in [0.3, 0.4) is 0 Å². The van der Waals surface area contributed by atoms with Gasteiger partial charge in [-0.2, -0.15) is 18.4 Å². The summed E-state index contributed by atoms with van der Waals surface area (Å²) in [5.74, 6) is -0.453. The fourth-order valence-electron chi connectivity index (χ4n) is 4.26. The number of nitriles is 1. The summed E-state index contributed by atoms with van der Waals surface area (Å²) < 4.78 is 54.5. The normalized spacial score (nSPS) is 18.3. The van der Waals surface area contributed by atoms with Crippen LogP contribution in [0.1, 0.15) is 42.4 Å². The van der Waals surface area contributed by atoms with Crippen LogP contribution in [0.2, 0.25) is 5.02 Å². The van der Waals surface area contributed by atoms with Crippen LogP contribution in [-0.2, 0) is 17.5 Å². The molecule has 4 nitrogen and oxygen atoms in total. The van der Waals surface area contributed by atoms with Gasteiger partial charge in [-0.1, -0.05) is 17.7 Å². The molecule has 2 aromatic carbocycles. The van der Waals surface area contributed by atoms with Gasteiger partial charge in [-0.3, -0.25) is 4.79 Å². The van der Waals surface area contributed by atoms with Gasteiger partial charge in [0, 0.05) is 37.8 Å². The van der Waals surface area contributed by atoms with Crippen molar-refractivity contribution >= 4 is 23.2 Å². The van der Waals surface area contributed by atoms with Gasteiger partial charge in [0.15, 0.2) is 0 Å². The monoisotopic (exact) mass is 479 g/mol. The molecule has 0 aromatic heterocycles. The fourth-order valence-corrected chi connectivity index (χ4v) is 4.48. The van der Waals surface area contributed by atoms with Crippen LogP contribution in [0.25, 0.3) is 0 Å². The second-order valence-corrected chi connectivity index (χ2v) is 9.04. The maximum atomic E-state index is 13.6. The summed E-state index contributed by atoms with van der Waals surface area (Å²) in [6, 6.07) is 9.07. The smallest absolute Gasteiger partial charge is 0.362 e. The van der Waals surface area contributed by atoms with Gasteiger partial charge < -0.3 is 9.80 Å². The van der Waals surface area contributed by atoms with Crippen molar-refractivity contribution in [3.63, 3.8) is 0 Å². The Kier molecular flexibility index (Phi) is 6.53. The molecule has 2 aromatic rings. The third-order valence-corrected chi connectivity index (χ3v) is 6.55. The molecular formula is C24H22ClF4N3O. The number of rotatable bonds is 6. The summed E-state index contributed by atoms with van der Waals surface area (Å²) in [5.41, 5.74) is -0.317. The van der Waals surface area contributed by atoms with Crippen LogP contribution in [0, 0.1) is 23.1 Å². The topological polar surface area (TPSA) is 47.3 Å². The molecule has 1 aliphatic heterocycles. The van der Waals surface area contributed by atoms with E-state index in [-0.39, 0.29) is 34.6 Å². The molecule has 0 N–H and O–H groups in total. The van der Waals surface area contributed by atoms with Gasteiger partial charge >= 0.3 is 6.18 Å². The average molecular weight is 480 g/mol. The highest BCUT2D eigenvalue weighted by atomic mass is 35.5. The summed E-state index contributed by atoms with van der Waals surface area (Å²) in [6.07, 6.45) is -1.51. The Bertz CT molecular complexity index is 1090. The van der Waals surface area contributed by atoms with E-state index < -0.39 is 17.6 Å². The Hall–Kier alpha value is -2.79. The number of hydrogen-bond donors (Lipinski definition) is 0. The fraction of sp³-hybridized carbons (Fsp3) is 0.417. The molecule has 9 heteroatoms. The summed E-state index contributed by atoms with van der Waals surface area (Å²) in [4.78, 5) is 16.1. The molecule has 2 aliphatic rings. The van der Waals surface area contributed by atoms with E-state index in [0.29, 0.717) is 43.6 Å². The molecule has 1 atom stereocenters. The molecule has 1 saturated carbocycles. The Balaban J connectivity index is 1.65. The first-order valence-electron chi connectivity index (χ1n) is 10.8. The van der Waals surface area contributed by atoms with Crippen LogP contribution < -0.4 is 4.90 Å². The van der Waals surface area contributed by atoms with Crippen molar-refractivity contribution in [1.29, 1.82) is 5.26 Å². The van der Waals surface area contributed by atoms with E-state index >= 15 is 0 Å². The second-order valence-electron chi connectivity index (χ2n) is 8.63. The zero-order valence-corrected chi connectivity index (χ0v) is 18.5. The number of halogens is 5. The largest absolute Gasteiger partial charge is 0.416 e. The van der Waals surface area contributed by atoms with Crippen molar-refractivity contribution < 1.29 is 22.4 Å². The molecule has 0 spiro atoms. The standard InChI is InChI=1S/C24H22ClF4N3O/c25-22-11-19(6-4-16(22)12-30)32(13-17-3-5-18(26)10-21(17)24(27,28)29)20-7-8-31(14-20)23(33)9-15-1-2-15/h3-6,10-11,15,20H,1-2,7-9,13-14H2/t20-/m0/s1. The van der Waals surface area contributed by atoms with E-state index in [0.717, 1.165) is 25.0 Å². The van der Waals surface area contributed by atoms with Crippen molar-refractivity contribution in [2.75, 3.05) is 18.0 Å². The molecule has 1 aliphatic carbocycles. The minimum absolute atomic E-state index is 0.0653. The Labute approximate surface area is 194 Å². The Morgan fingerprint density at radius 2 is 1.94 bits per heavy atom. The molecule has 2 fully saturated rings. The third kappa shape index (κ3) is 5.41. The van der Waals surface area contributed by atoms with Crippen LogP contribution in [-0.4, -0.2) is 29.9 Å². The molecule has 0 unspecified atom stereocenters. The van der Waals surface area contributed by atoms with Crippen molar-refractivity contribution in [3.05, 3.63) is 63.9 Å². The first-order valence-corrected chi connectivity index (χ1v) is 11.1. The predicted octanol–water partition coefficient (Wildman–Crippen LogP) is 5.78. The van der Waals surface area contributed by atoms with Gasteiger partial charge in [-0.25, -0.2) is 4.39 Å². The number of amides is 1. The number of carbonyl (C=O) groups excluding carboxylic acids is 1. The lowest BCUT2D eigenvalue weighted by Crippen LogP contribution is -2.39. The summed E-state index contributed by atoms with van der Waals surface area (Å²) in [5, 5.41) is 9.36. The minimum atomic E-state index is -4.71. The summed E-state index contributed by atoms with van der Waals surface area (Å²) >= 11 is 6.21. The SMILES string of the molecule is N#Cc1ccc(N(Cc2ccc(F)cc2C(F)(F)F)[C@H]2CCN(C(=O)CC3CC3)C2)cc1Cl. The quantitative estimate of drug-likeness (QED) is 0.494. The molecule has 4 rings (SSSR count). The number of hydrogen-bond acceptors (Lipinski definition) is 3. The van der Waals surface area contributed by atoms with Crippen molar-refractivity contribution in [2.24, 2.45) is 5.92 Å². The van der Waals surface area contributed by atoms with Gasteiger partial charge in [0.25, 0.3) is 0 Å². The number of carbonyl (C=O) groups is 1. The number of alkyl halides is 3. The average Bonchev–Trinajstić information content (AvgIpc) is 3.44. The maximum absolute atomic E-state index is 13.6. The molecule has 174 valence electrons. The molecule has 0 radical (unpaired) electrons. The molecule has 33 heavy (non-hydrogen) atoms. The molecule has 1 amide bonds. The Morgan fingerprint density at radius 3 is 2.58 bits per heavy atom. The Morgan fingerprint density at radius 1 is 1.18 bits per heavy atom. The van der Waals surface area contributed by atoms with E-state index in [9.17, 15) is 22.4 Å². The highest BCUT2D eigenvalue weighted by molar-refractivity contribution is 6.32. The first-order chi connectivity index (χ1) is 15.7. The van der Waals surface area contributed by atoms with Crippen molar-refractivity contribution in [2.45, 2.75) is 44.4 Å². The molecule has 1 heterocycles. The summed E-state index contributed by atoms with van der Waals surface area (Å²) in [7, 11) is 0. The first kappa shape index (κ1) is 23.4.